The molecule has 0 aliphatic carbocycles. The van der Waals surface area contributed by atoms with E-state index in [9.17, 15) is 4.79 Å². The lowest BCUT2D eigenvalue weighted by atomic mass is 9.87. The van der Waals surface area contributed by atoms with Crippen LogP contribution in [-0.4, -0.2) is 23.5 Å². The number of carbonyl (C=O) groups excluding carboxylic acids is 1. The first-order valence-electron chi connectivity index (χ1n) is 8.64. The van der Waals surface area contributed by atoms with Crippen molar-refractivity contribution in [2.24, 2.45) is 10.9 Å². The van der Waals surface area contributed by atoms with E-state index in [-0.39, 0.29) is 18.7 Å². The van der Waals surface area contributed by atoms with Crippen molar-refractivity contribution in [3.05, 3.63) is 53.6 Å². The molecule has 7 heteroatoms. The number of anilines is 1. The molecule has 2 aliphatic heterocycles. The lowest BCUT2D eigenvalue weighted by Gasteiger charge is -2.31. The fourth-order valence-corrected chi connectivity index (χ4v) is 3.64. The molecule has 0 bridgehead atoms. The second-order valence-electron chi connectivity index (χ2n) is 6.57. The molecule has 138 valence electrons. The summed E-state index contributed by atoms with van der Waals surface area (Å²) in [5.74, 6) is 0.724. The van der Waals surface area contributed by atoms with Crippen molar-refractivity contribution in [3.8, 4) is 11.5 Å². The molecule has 2 unspecified atom stereocenters. The van der Waals surface area contributed by atoms with Crippen molar-refractivity contribution in [2.45, 2.75) is 19.9 Å². The molecule has 6 nitrogen and oxygen atoms in total. The number of aliphatic imine (C=N–C) groups is 1. The van der Waals surface area contributed by atoms with Gasteiger partial charge in [-0.2, -0.15) is 0 Å². The number of hydrogen-bond acceptors (Lipinski definition) is 4. The SMILES string of the molecule is CC1=NC(=S)NC(c2ccc3c(c2)OCO3)C1C(=O)Nc1ccccc1C. The van der Waals surface area contributed by atoms with Crippen molar-refractivity contribution in [3.63, 3.8) is 0 Å². The smallest absolute Gasteiger partial charge is 0.235 e. The van der Waals surface area contributed by atoms with Gasteiger partial charge in [-0.3, -0.25) is 4.79 Å². The van der Waals surface area contributed by atoms with E-state index in [1.807, 2.05) is 56.3 Å². The number of aryl methyl sites for hydroxylation is 1. The van der Waals surface area contributed by atoms with Gasteiger partial charge in [0, 0.05) is 11.4 Å². The second kappa shape index (κ2) is 7.00. The maximum absolute atomic E-state index is 13.1. The second-order valence-corrected chi connectivity index (χ2v) is 6.96. The summed E-state index contributed by atoms with van der Waals surface area (Å²) >= 11 is 5.26. The van der Waals surface area contributed by atoms with E-state index in [2.05, 4.69) is 15.6 Å². The van der Waals surface area contributed by atoms with Crippen LogP contribution >= 0.6 is 12.2 Å². The maximum Gasteiger partial charge on any atom is 0.235 e. The maximum atomic E-state index is 13.1. The highest BCUT2D eigenvalue weighted by atomic mass is 32.1. The predicted octanol–water partition coefficient (Wildman–Crippen LogP) is 3.37. The third-order valence-electron chi connectivity index (χ3n) is 4.78. The average Bonchev–Trinajstić information content (AvgIpc) is 3.10. The molecule has 0 fully saturated rings. The van der Waals surface area contributed by atoms with Crippen LogP contribution in [0.2, 0.25) is 0 Å². The Balaban J connectivity index is 1.67. The van der Waals surface area contributed by atoms with Crippen LogP contribution in [0.4, 0.5) is 5.69 Å². The first-order valence-corrected chi connectivity index (χ1v) is 9.05. The van der Waals surface area contributed by atoms with Crippen molar-refractivity contribution < 1.29 is 14.3 Å². The van der Waals surface area contributed by atoms with Gasteiger partial charge in [0.1, 0.15) is 5.92 Å². The van der Waals surface area contributed by atoms with E-state index >= 15 is 0 Å². The fourth-order valence-electron chi connectivity index (χ4n) is 3.37. The minimum absolute atomic E-state index is 0.136. The Morgan fingerprint density at radius 2 is 1.96 bits per heavy atom. The van der Waals surface area contributed by atoms with Gasteiger partial charge in [0.25, 0.3) is 0 Å². The number of rotatable bonds is 3. The molecular weight excluding hydrogens is 362 g/mol. The zero-order valence-corrected chi connectivity index (χ0v) is 15.8. The first-order chi connectivity index (χ1) is 13.0. The number of fused-ring (bicyclic) bond motifs is 1. The molecule has 0 aromatic heterocycles. The van der Waals surface area contributed by atoms with E-state index in [1.54, 1.807) is 0 Å². The highest BCUT2D eigenvalue weighted by Crippen LogP contribution is 2.37. The summed E-state index contributed by atoms with van der Waals surface area (Å²) < 4.78 is 10.9. The molecule has 2 atom stereocenters. The van der Waals surface area contributed by atoms with E-state index < -0.39 is 5.92 Å². The molecule has 2 heterocycles. The number of carbonyl (C=O) groups is 1. The standard InChI is InChI=1S/C20H19N3O3S/c1-11-5-3-4-6-14(11)22-19(24)17-12(2)21-20(27)23-18(17)13-7-8-15-16(9-13)26-10-25-15/h3-9,17-18H,10H2,1-2H3,(H,22,24)(H,23,27). The number of amides is 1. The van der Waals surface area contributed by atoms with Crippen molar-refractivity contribution >= 4 is 34.6 Å². The zero-order valence-electron chi connectivity index (χ0n) is 15.0. The quantitative estimate of drug-likeness (QED) is 0.798. The third kappa shape index (κ3) is 3.38. The molecule has 2 aliphatic rings. The minimum atomic E-state index is -0.503. The summed E-state index contributed by atoms with van der Waals surface area (Å²) in [6.07, 6.45) is 0. The van der Waals surface area contributed by atoms with Crippen LogP contribution in [-0.2, 0) is 4.79 Å². The van der Waals surface area contributed by atoms with Gasteiger partial charge in [-0.25, -0.2) is 4.99 Å². The van der Waals surface area contributed by atoms with Crippen LogP contribution in [0.1, 0.15) is 24.1 Å². The largest absolute Gasteiger partial charge is 0.454 e. The monoisotopic (exact) mass is 381 g/mol. The fraction of sp³-hybridized carbons (Fsp3) is 0.250. The molecule has 2 N–H and O–H groups in total. The van der Waals surface area contributed by atoms with Gasteiger partial charge in [0.05, 0.1) is 6.04 Å². The Bertz CT molecular complexity index is 957. The molecule has 2 aromatic carbocycles. The topological polar surface area (TPSA) is 72.0 Å². The van der Waals surface area contributed by atoms with Crippen LogP contribution in [0.15, 0.2) is 47.5 Å². The number of benzene rings is 2. The van der Waals surface area contributed by atoms with Gasteiger partial charge in [0.2, 0.25) is 12.7 Å². The number of thiocarbonyl (C=S) groups is 1. The van der Waals surface area contributed by atoms with E-state index in [1.165, 1.54) is 0 Å². The lowest BCUT2D eigenvalue weighted by Crippen LogP contribution is -2.45. The van der Waals surface area contributed by atoms with Gasteiger partial charge in [-0.1, -0.05) is 24.3 Å². The van der Waals surface area contributed by atoms with Gasteiger partial charge < -0.3 is 20.1 Å². The number of nitrogens with zero attached hydrogens (tertiary/aromatic N) is 1. The third-order valence-corrected chi connectivity index (χ3v) is 4.99. The van der Waals surface area contributed by atoms with E-state index in [0.717, 1.165) is 16.8 Å². The van der Waals surface area contributed by atoms with Gasteiger partial charge in [-0.05, 0) is 55.4 Å². The Hall–Kier alpha value is -2.93. The first kappa shape index (κ1) is 17.5. The van der Waals surface area contributed by atoms with Crippen molar-refractivity contribution in [1.29, 1.82) is 0 Å². The molecule has 1 amide bonds. The molecule has 27 heavy (non-hydrogen) atoms. The summed E-state index contributed by atoms with van der Waals surface area (Å²) in [7, 11) is 0. The minimum Gasteiger partial charge on any atom is -0.454 e. The highest BCUT2D eigenvalue weighted by molar-refractivity contribution is 7.80. The molecule has 0 spiro atoms. The van der Waals surface area contributed by atoms with Gasteiger partial charge in [-0.15, -0.1) is 0 Å². The summed E-state index contributed by atoms with van der Waals surface area (Å²) in [6.45, 7) is 3.99. The molecule has 4 rings (SSSR count). The highest BCUT2D eigenvalue weighted by Gasteiger charge is 2.36. The van der Waals surface area contributed by atoms with Crippen molar-refractivity contribution in [1.82, 2.24) is 5.32 Å². The van der Waals surface area contributed by atoms with E-state index in [0.29, 0.717) is 22.3 Å². The van der Waals surface area contributed by atoms with Crippen molar-refractivity contribution in [2.75, 3.05) is 12.1 Å². The van der Waals surface area contributed by atoms with Crippen LogP contribution in [0.5, 0.6) is 11.5 Å². The van der Waals surface area contributed by atoms with Gasteiger partial charge >= 0.3 is 0 Å². The van der Waals surface area contributed by atoms with Crippen LogP contribution in [0.3, 0.4) is 0 Å². The van der Waals surface area contributed by atoms with E-state index in [4.69, 9.17) is 21.7 Å². The predicted molar refractivity (Wildman–Crippen MR) is 107 cm³/mol. The molecule has 0 radical (unpaired) electrons. The molecular formula is C20H19N3O3S. The number of nitrogens with one attached hydrogen (secondary N) is 2. The zero-order chi connectivity index (χ0) is 19.0. The molecule has 0 saturated heterocycles. The molecule has 2 aromatic rings. The average molecular weight is 381 g/mol. The summed E-state index contributed by atoms with van der Waals surface area (Å²) in [6, 6.07) is 13.0. The van der Waals surface area contributed by atoms with Crippen LogP contribution in [0.25, 0.3) is 0 Å². The summed E-state index contributed by atoms with van der Waals surface area (Å²) in [4.78, 5) is 17.4. The molecule has 0 saturated carbocycles. The number of hydrogen-bond donors (Lipinski definition) is 2. The summed E-state index contributed by atoms with van der Waals surface area (Å²) in [5, 5.41) is 6.56. The Morgan fingerprint density at radius 3 is 2.78 bits per heavy atom. The Labute approximate surface area is 162 Å². The normalized spacial score (nSPS) is 20.7. The summed E-state index contributed by atoms with van der Waals surface area (Å²) in [5.41, 5.74) is 3.35. The Kier molecular flexibility index (Phi) is 4.53. The lowest BCUT2D eigenvalue weighted by molar-refractivity contribution is -0.118. The van der Waals surface area contributed by atoms with Gasteiger partial charge in [0.15, 0.2) is 16.6 Å². The van der Waals surface area contributed by atoms with Crippen LogP contribution in [0, 0.1) is 12.8 Å². The number of ether oxygens (including phenoxy) is 2. The Morgan fingerprint density at radius 1 is 1.19 bits per heavy atom. The number of para-hydroxylation sites is 1. The van der Waals surface area contributed by atoms with Crippen LogP contribution < -0.4 is 20.1 Å².